The minimum Gasteiger partial charge on any atom is -0.465 e. The predicted octanol–water partition coefficient (Wildman–Crippen LogP) is 2.87. The maximum atomic E-state index is 12.6. The number of nitrogens with zero attached hydrogens (tertiary/aromatic N) is 1. The molecule has 0 radical (unpaired) electrons. The normalized spacial score (nSPS) is 13.4. The molecule has 1 aliphatic rings. The molecule has 0 saturated heterocycles. The van der Waals surface area contributed by atoms with Crippen molar-refractivity contribution in [2.75, 3.05) is 25.7 Å². The van der Waals surface area contributed by atoms with E-state index in [9.17, 15) is 14.4 Å². The molecule has 0 aromatic heterocycles. The Morgan fingerprint density at radius 3 is 2.38 bits per heavy atom. The second-order valence-corrected chi connectivity index (χ2v) is 6.87. The van der Waals surface area contributed by atoms with Crippen molar-refractivity contribution < 1.29 is 23.9 Å². The van der Waals surface area contributed by atoms with Gasteiger partial charge in [0.15, 0.2) is 0 Å². The van der Waals surface area contributed by atoms with Crippen LogP contribution in [0.1, 0.15) is 29.8 Å². The Labute approximate surface area is 170 Å². The average Bonchev–Trinajstić information content (AvgIpc) is 2.93. The van der Waals surface area contributed by atoms with Gasteiger partial charge in [-0.15, -0.1) is 0 Å². The first-order valence-corrected chi connectivity index (χ1v) is 9.24. The summed E-state index contributed by atoms with van der Waals surface area (Å²) < 4.78 is 9.74. The van der Waals surface area contributed by atoms with Gasteiger partial charge in [-0.2, -0.15) is 0 Å². The van der Waals surface area contributed by atoms with E-state index < -0.39 is 11.9 Å². The lowest BCUT2D eigenvalue weighted by Crippen LogP contribution is -2.30. The molecule has 0 unspecified atom stereocenters. The van der Waals surface area contributed by atoms with E-state index in [4.69, 9.17) is 9.47 Å². The summed E-state index contributed by atoms with van der Waals surface area (Å²) in [7, 11) is 2.48. The van der Waals surface area contributed by atoms with Crippen LogP contribution in [-0.4, -0.2) is 38.6 Å². The molecule has 0 saturated carbocycles. The number of ether oxygens (including phenoxy) is 2. The molecule has 0 spiro atoms. The van der Waals surface area contributed by atoms with Crippen LogP contribution < -0.4 is 10.2 Å². The third-order valence-electron chi connectivity index (χ3n) is 4.37. The van der Waals surface area contributed by atoms with Crippen molar-refractivity contribution in [2.24, 2.45) is 5.92 Å². The van der Waals surface area contributed by atoms with Gasteiger partial charge < -0.3 is 19.7 Å². The Morgan fingerprint density at radius 1 is 1.07 bits per heavy atom. The Kier molecular flexibility index (Phi) is 7.36. The molecule has 0 atom stereocenters. The summed E-state index contributed by atoms with van der Waals surface area (Å²) in [6, 6.07) is 5.21. The number of esters is 2. The summed E-state index contributed by atoms with van der Waals surface area (Å²) in [5, 5.41) is 2.90. The summed E-state index contributed by atoms with van der Waals surface area (Å²) in [6.07, 6.45) is 6.44. The zero-order valence-corrected chi connectivity index (χ0v) is 17.3. The first-order valence-electron chi connectivity index (χ1n) is 9.24. The molecule has 1 aromatic carbocycles. The van der Waals surface area contributed by atoms with Gasteiger partial charge in [0, 0.05) is 24.0 Å². The van der Waals surface area contributed by atoms with Crippen molar-refractivity contribution >= 4 is 23.5 Å². The summed E-state index contributed by atoms with van der Waals surface area (Å²) in [5.41, 5.74) is 1.78. The number of allylic oxidation sites excluding steroid dienone is 2. The Bertz CT molecular complexity index is 896. The smallest absolute Gasteiger partial charge is 0.355 e. The quantitative estimate of drug-likeness (QED) is 0.742. The highest BCUT2D eigenvalue weighted by molar-refractivity contribution is 6.06. The standard InChI is InChI=1S/C22H26N2O5/c1-14(2)13-23-20(25)16-10-8-11-18(15(16)3)24-12-7-6-9-17(21(26)28-4)19(24)22(27)29-5/h6-12,14H,13H2,1-5H3,(H,23,25). The van der Waals surface area contributed by atoms with Gasteiger partial charge in [-0.25, -0.2) is 9.59 Å². The molecule has 7 nitrogen and oxygen atoms in total. The number of carbonyl (C=O) groups excluding carboxylic acids is 3. The van der Waals surface area contributed by atoms with Crippen LogP contribution >= 0.6 is 0 Å². The predicted molar refractivity (Wildman–Crippen MR) is 110 cm³/mol. The first-order chi connectivity index (χ1) is 13.8. The molecule has 7 heteroatoms. The molecule has 0 bridgehead atoms. The number of carbonyl (C=O) groups is 3. The molecule has 29 heavy (non-hydrogen) atoms. The molecule has 1 aliphatic heterocycles. The average molecular weight is 398 g/mol. The molecule has 0 aliphatic carbocycles. The van der Waals surface area contributed by atoms with E-state index in [1.807, 2.05) is 13.8 Å². The summed E-state index contributed by atoms with van der Waals surface area (Å²) >= 11 is 0. The van der Waals surface area contributed by atoms with Gasteiger partial charge in [0.05, 0.1) is 19.8 Å². The first kappa shape index (κ1) is 21.9. The summed E-state index contributed by atoms with van der Waals surface area (Å²) in [4.78, 5) is 39.0. The third-order valence-corrected chi connectivity index (χ3v) is 4.37. The van der Waals surface area contributed by atoms with Gasteiger partial charge in [0.2, 0.25) is 0 Å². The van der Waals surface area contributed by atoms with Crippen molar-refractivity contribution in [1.29, 1.82) is 0 Å². The number of hydrogen-bond acceptors (Lipinski definition) is 6. The minimum absolute atomic E-state index is 0.00666. The van der Waals surface area contributed by atoms with Crippen molar-refractivity contribution in [3.05, 3.63) is 65.0 Å². The van der Waals surface area contributed by atoms with Crippen LogP contribution in [0, 0.1) is 12.8 Å². The van der Waals surface area contributed by atoms with Crippen LogP contribution in [0.2, 0.25) is 0 Å². The molecule has 1 N–H and O–H groups in total. The molecule has 0 fully saturated rings. The fourth-order valence-corrected chi connectivity index (χ4v) is 2.87. The zero-order valence-electron chi connectivity index (χ0n) is 17.3. The SMILES string of the molecule is COC(=O)C1=C(C(=O)OC)N(c2cccc(C(=O)NCC(C)C)c2C)C=CC=C1. The van der Waals surface area contributed by atoms with Crippen molar-refractivity contribution in [2.45, 2.75) is 20.8 Å². The fraction of sp³-hybridized carbons (Fsp3) is 0.318. The molecule has 1 amide bonds. The van der Waals surface area contributed by atoms with E-state index in [-0.39, 0.29) is 17.2 Å². The molecule has 2 rings (SSSR count). The largest absolute Gasteiger partial charge is 0.465 e. The highest BCUT2D eigenvalue weighted by Crippen LogP contribution is 2.30. The van der Waals surface area contributed by atoms with E-state index in [0.29, 0.717) is 29.3 Å². The number of rotatable bonds is 6. The minimum atomic E-state index is -0.698. The van der Waals surface area contributed by atoms with Crippen LogP contribution in [0.25, 0.3) is 0 Å². The van der Waals surface area contributed by atoms with Crippen LogP contribution in [0.3, 0.4) is 0 Å². The highest BCUT2D eigenvalue weighted by Gasteiger charge is 2.28. The second-order valence-electron chi connectivity index (χ2n) is 6.87. The molecular weight excluding hydrogens is 372 g/mol. The number of amides is 1. The van der Waals surface area contributed by atoms with Gasteiger partial charge in [0.1, 0.15) is 5.70 Å². The highest BCUT2D eigenvalue weighted by atomic mass is 16.5. The fourth-order valence-electron chi connectivity index (χ4n) is 2.87. The maximum absolute atomic E-state index is 12.6. The van der Waals surface area contributed by atoms with E-state index in [1.165, 1.54) is 25.2 Å². The van der Waals surface area contributed by atoms with E-state index >= 15 is 0 Å². The number of methoxy groups -OCH3 is 2. The van der Waals surface area contributed by atoms with Gasteiger partial charge in [0.25, 0.3) is 5.91 Å². The molecule has 1 heterocycles. The van der Waals surface area contributed by atoms with Crippen LogP contribution in [0.5, 0.6) is 0 Å². The Balaban J connectivity index is 2.59. The monoisotopic (exact) mass is 398 g/mol. The zero-order chi connectivity index (χ0) is 21.6. The van der Waals surface area contributed by atoms with Gasteiger partial charge >= 0.3 is 11.9 Å². The van der Waals surface area contributed by atoms with Gasteiger partial charge in [-0.1, -0.05) is 26.0 Å². The Morgan fingerprint density at radius 2 is 1.76 bits per heavy atom. The van der Waals surface area contributed by atoms with Crippen LogP contribution in [-0.2, 0) is 19.1 Å². The molecule has 1 aromatic rings. The van der Waals surface area contributed by atoms with Crippen molar-refractivity contribution in [1.82, 2.24) is 5.32 Å². The van der Waals surface area contributed by atoms with E-state index in [0.717, 1.165) is 0 Å². The summed E-state index contributed by atoms with van der Waals surface area (Å²) in [6.45, 7) is 6.37. The number of nitrogens with one attached hydrogen (secondary N) is 1. The lowest BCUT2D eigenvalue weighted by Gasteiger charge is -2.25. The number of hydrogen-bond donors (Lipinski definition) is 1. The lowest BCUT2D eigenvalue weighted by molar-refractivity contribution is -0.139. The van der Waals surface area contributed by atoms with Crippen molar-refractivity contribution in [3.8, 4) is 0 Å². The lowest BCUT2D eigenvalue weighted by atomic mass is 10.0. The maximum Gasteiger partial charge on any atom is 0.355 e. The van der Waals surface area contributed by atoms with Crippen molar-refractivity contribution in [3.63, 3.8) is 0 Å². The Hall–Kier alpha value is -3.35. The third kappa shape index (κ3) is 4.93. The van der Waals surface area contributed by atoms with Gasteiger partial charge in [-0.3, -0.25) is 4.79 Å². The summed E-state index contributed by atoms with van der Waals surface area (Å²) in [5.74, 6) is -1.25. The van der Waals surface area contributed by atoms with E-state index in [1.54, 1.807) is 43.5 Å². The van der Waals surface area contributed by atoms with Crippen LogP contribution in [0.4, 0.5) is 5.69 Å². The molecule has 154 valence electrons. The van der Waals surface area contributed by atoms with E-state index in [2.05, 4.69) is 5.32 Å². The second kappa shape index (κ2) is 9.73. The van der Waals surface area contributed by atoms with Crippen LogP contribution in [0.15, 0.2) is 53.9 Å². The van der Waals surface area contributed by atoms with Gasteiger partial charge in [-0.05, 0) is 42.7 Å². The topological polar surface area (TPSA) is 84.9 Å². The number of anilines is 1. The number of benzene rings is 1. The molecular formula is C22H26N2O5.